The number of fused-ring (bicyclic) bond motifs is 1. The van der Waals surface area contributed by atoms with Crippen molar-refractivity contribution in [3.8, 4) is 0 Å². The second kappa shape index (κ2) is 7.64. The number of imide groups is 1. The number of carbonyl (C=O) groups is 3. The molecule has 2 aliphatic rings. The van der Waals surface area contributed by atoms with Crippen LogP contribution in [0.2, 0.25) is 0 Å². The highest BCUT2D eigenvalue weighted by Crippen LogP contribution is 2.37. The highest BCUT2D eigenvalue weighted by atomic mass is 32.1. The topological polar surface area (TPSA) is 84.3 Å². The number of aromatic nitrogens is 2. The third-order valence-corrected chi connectivity index (χ3v) is 6.23. The van der Waals surface area contributed by atoms with Crippen molar-refractivity contribution in [2.24, 2.45) is 11.8 Å². The van der Waals surface area contributed by atoms with Gasteiger partial charge in [0.1, 0.15) is 5.82 Å². The van der Waals surface area contributed by atoms with E-state index in [1.54, 1.807) is 28.3 Å². The van der Waals surface area contributed by atoms with Crippen molar-refractivity contribution in [1.82, 2.24) is 14.7 Å². The number of thiophene rings is 1. The lowest BCUT2D eigenvalue weighted by atomic mass is 9.81. The van der Waals surface area contributed by atoms with E-state index in [4.69, 9.17) is 0 Å². The monoisotopic (exact) mass is 386 g/mol. The predicted octanol–water partition coefficient (Wildman–Crippen LogP) is 2.50. The van der Waals surface area contributed by atoms with Crippen molar-refractivity contribution < 1.29 is 14.4 Å². The first-order valence-corrected chi connectivity index (χ1v) is 10.2. The Morgan fingerprint density at radius 1 is 1.19 bits per heavy atom. The van der Waals surface area contributed by atoms with E-state index in [2.05, 4.69) is 10.4 Å². The molecule has 0 bridgehead atoms. The zero-order chi connectivity index (χ0) is 18.8. The van der Waals surface area contributed by atoms with Gasteiger partial charge in [0.25, 0.3) is 0 Å². The van der Waals surface area contributed by atoms with Gasteiger partial charge in [-0.1, -0.05) is 18.9 Å². The van der Waals surface area contributed by atoms with Gasteiger partial charge in [0.15, 0.2) is 0 Å². The fraction of sp³-hybridized carbons (Fsp3) is 0.474. The van der Waals surface area contributed by atoms with E-state index in [-0.39, 0.29) is 42.5 Å². The predicted molar refractivity (Wildman–Crippen MR) is 101 cm³/mol. The molecule has 0 radical (unpaired) electrons. The Labute approximate surface area is 161 Å². The van der Waals surface area contributed by atoms with Gasteiger partial charge in [-0.15, -0.1) is 11.3 Å². The van der Waals surface area contributed by atoms with Crippen molar-refractivity contribution in [2.75, 3.05) is 11.9 Å². The number of anilines is 1. The van der Waals surface area contributed by atoms with Gasteiger partial charge in [0.2, 0.25) is 17.7 Å². The van der Waals surface area contributed by atoms with Crippen LogP contribution in [0.5, 0.6) is 0 Å². The molecule has 8 heteroatoms. The summed E-state index contributed by atoms with van der Waals surface area (Å²) >= 11 is 1.63. The first-order chi connectivity index (χ1) is 13.1. The molecule has 1 aliphatic heterocycles. The molecule has 2 atom stereocenters. The second-order valence-corrected chi connectivity index (χ2v) is 8.11. The van der Waals surface area contributed by atoms with E-state index in [1.807, 2.05) is 17.5 Å². The number of amides is 3. The summed E-state index contributed by atoms with van der Waals surface area (Å²) in [5.41, 5.74) is 0. The lowest BCUT2D eigenvalue weighted by molar-refractivity contribution is -0.140. The summed E-state index contributed by atoms with van der Waals surface area (Å²) in [5, 5.41) is 9.08. The van der Waals surface area contributed by atoms with Crippen LogP contribution in [-0.2, 0) is 20.9 Å². The van der Waals surface area contributed by atoms with Crippen LogP contribution in [0.1, 0.15) is 37.0 Å². The summed E-state index contributed by atoms with van der Waals surface area (Å²) < 4.78 is 1.73. The van der Waals surface area contributed by atoms with Gasteiger partial charge >= 0.3 is 0 Å². The molecule has 0 aromatic carbocycles. The lowest BCUT2D eigenvalue weighted by Gasteiger charge is -2.19. The number of likely N-dealkylation sites (tertiary alicyclic amines) is 1. The van der Waals surface area contributed by atoms with Gasteiger partial charge in [-0.25, -0.2) is 4.68 Å². The summed E-state index contributed by atoms with van der Waals surface area (Å²) in [6.45, 7) is 0.738. The Bertz CT molecular complexity index is 821. The third kappa shape index (κ3) is 3.66. The summed E-state index contributed by atoms with van der Waals surface area (Å²) in [5.74, 6) is -0.136. The van der Waals surface area contributed by atoms with E-state index < -0.39 is 0 Å². The summed E-state index contributed by atoms with van der Waals surface area (Å²) in [4.78, 5) is 39.7. The van der Waals surface area contributed by atoms with Crippen LogP contribution in [0, 0.1) is 11.8 Å². The average molecular weight is 386 g/mol. The molecule has 0 unspecified atom stereocenters. The van der Waals surface area contributed by atoms with Crippen LogP contribution in [0.4, 0.5) is 5.82 Å². The van der Waals surface area contributed by atoms with Gasteiger partial charge in [-0.05, 0) is 24.3 Å². The molecule has 1 aliphatic carbocycles. The standard InChI is InChI=1S/C19H22N4O3S/c24-17(21-16-7-9-20-23(16)12-13-4-3-11-27-13)8-10-22-18(25)14-5-1-2-6-15(14)19(22)26/h3-4,7,9,11,14-15H,1-2,5-6,8,10,12H2,(H,21,24)/t14-,15-/m1/s1. The number of nitrogens with zero attached hydrogens (tertiary/aromatic N) is 3. The normalized spacial score (nSPS) is 22.1. The van der Waals surface area contributed by atoms with Crippen molar-refractivity contribution in [1.29, 1.82) is 0 Å². The van der Waals surface area contributed by atoms with Crippen LogP contribution in [0.25, 0.3) is 0 Å². The molecule has 2 fully saturated rings. The lowest BCUT2D eigenvalue weighted by Crippen LogP contribution is -2.34. The molecular weight excluding hydrogens is 364 g/mol. The fourth-order valence-electron chi connectivity index (χ4n) is 3.99. The van der Waals surface area contributed by atoms with Crippen LogP contribution in [0.15, 0.2) is 29.8 Å². The maximum atomic E-state index is 12.5. The van der Waals surface area contributed by atoms with E-state index in [9.17, 15) is 14.4 Å². The second-order valence-electron chi connectivity index (χ2n) is 7.08. The van der Waals surface area contributed by atoms with Gasteiger partial charge in [0, 0.05) is 23.9 Å². The molecule has 7 nitrogen and oxygen atoms in total. The minimum absolute atomic E-state index is 0.0970. The fourth-order valence-corrected chi connectivity index (χ4v) is 4.67. The molecule has 3 amide bonds. The molecule has 2 aromatic rings. The van der Waals surface area contributed by atoms with Crippen molar-refractivity contribution in [3.63, 3.8) is 0 Å². The van der Waals surface area contributed by atoms with Crippen molar-refractivity contribution >= 4 is 34.9 Å². The number of hydrogen-bond acceptors (Lipinski definition) is 5. The molecule has 27 heavy (non-hydrogen) atoms. The number of rotatable bonds is 6. The van der Waals surface area contributed by atoms with E-state index in [0.29, 0.717) is 12.4 Å². The molecule has 4 rings (SSSR count). The van der Waals surface area contributed by atoms with Gasteiger partial charge in [-0.2, -0.15) is 5.10 Å². The van der Waals surface area contributed by atoms with Crippen LogP contribution in [0.3, 0.4) is 0 Å². The van der Waals surface area contributed by atoms with Gasteiger partial charge in [0.05, 0.1) is 24.6 Å². The quantitative estimate of drug-likeness (QED) is 0.773. The van der Waals surface area contributed by atoms with Gasteiger partial charge < -0.3 is 5.32 Å². The molecule has 3 heterocycles. The summed E-state index contributed by atoms with van der Waals surface area (Å²) in [6.07, 6.45) is 5.33. The molecule has 1 N–H and O–H groups in total. The Morgan fingerprint density at radius 2 is 1.93 bits per heavy atom. The Hall–Kier alpha value is -2.48. The molecule has 2 aromatic heterocycles. The van der Waals surface area contributed by atoms with Crippen LogP contribution >= 0.6 is 11.3 Å². The zero-order valence-electron chi connectivity index (χ0n) is 15.0. The highest BCUT2D eigenvalue weighted by molar-refractivity contribution is 7.09. The smallest absolute Gasteiger partial charge is 0.233 e. The van der Waals surface area contributed by atoms with E-state index in [0.717, 1.165) is 30.6 Å². The molecule has 1 saturated carbocycles. The Balaban J connectivity index is 1.33. The average Bonchev–Trinajstić information content (AvgIpc) is 3.38. The van der Waals surface area contributed by atoms with Crippen LogP contribution in [-0.4, -0.2) is 38.9 Å². The largest absolute Gasteiger partial charge is 0.311 e. The molecule has 1 saturated heterocycles. The van der Waals surface area contributed by atoms with Gasteiger partial charge in [-0.3, -0.25) is 19.3 Å². The van der Waals surface area contributed by atoms with E-state index in [1.165, 1.54) is 4.90 Å². The minimum Gasteiger partial charge on any atom is -0.311 e. The number of hydrogen-bond donors (Lipinski definition) is 1. The van der Waals surface area contributed by atoms with Crippen LogP contribution < -0.4 is 5.32 Å². The molecule has 0 spiro atoms. The maximum Gasteiger partial charge on any atom is 0.233 e. The number of carbonyl (C=O) groups excluding carboxylic acids is 3. The molecule has 142 valence electrons. The third-order valence-electron chi connectivity index (χ3n) is 5.36. The number of nitrogens with one attached hydrogen (secondary N) is 1. The highest BCUT2D eigenvalue weighted by Gasteiger charge is 2.47. The maximum absolute atomic E-state index is 12.5. The Morgan fingerprint density at radius 3 is 2.59 bits per heavy atom. The molecular formula is C19H22N4O3S. The van der Waals surface area contributed by atoms with Crippen molar-refractivity contribution in [3.05, 3.63) is 34.7 Å². The zero-order valence-corrected chi connectivity index (χ0v) is 15.8. The summed E-state index contributed by atoms with van der Waals surface area (Å²) in [7, 11) is 0. The first-order valence-electron chi connectivity index (χ1n) is 9.33. The minimum atomic E-state index is -0.224. The summed E-state index contributed by atoms with van der Waals surface area (Å²) in [6, 6.07) is 5.73. The van der Waals surface area contributed by atoms with Crippen molar-refractivity contribution in [2.45, 2.75) is 38.6 Å². The van der Waals surface area contributed by atoms with E-state index >= 15 is 0 Å². The Kier molecular flexibility index (Phi) is 5.07. The SMILES string of the molecule is O=C(CCN1C(=O)[C@@H]2CCCC[C@H]2C1=O)Nc1ccnn1Cc1cccs1. The first kappa shape index (κ1) is 17.9.